The Morgan fingerprint density at radius 2 is 1.73 bits per heavy atom. The van der Waals surface area contributed by atoms with Gasteiger partial charge in [0.1, 0.15) is 0 Å². The van der Waals surface area contributed by atoms with Crippen molar-refractivity contribution in [2.24, 2.45) is 5.10 Å². The molecule has 0 saturated carbocycles. The maximum atomic E-state index is 11.9. The van der Waals surface area contributed by atoms with Gasteiger partial charge in [-0.05, 0) is 37.1 Å². The van der Waals surface area contributed by atoms with Crippen molar-refractivity contribution in [2.45, 2.75) is 18.2 Å². The lowest BCUT2D eigenvalue weighted by molar-refractivity contribution is 0.584. The van der Waals surface area contributed by atoms with Crippen molar-refractivity contribution in [1.29, 1.82) is 0 Å². The Balaban J connectivity index is 1.87. The van der Waals surface area contributed by atoms with Gasteiger partial charge in [0.15, 0.2) is 0 Å². The molecule has 2 aromatic rings. The zero-order valence-corrected chi connectivity index (χ0v) is 13.1. The van der Waals surface area contributed by atoms with Gasteiger partial charge in [-0.2, -0.15) is 13.5 Å². The van der Waals surface area contributed by atoms with Crippen LogP contribution in [0.25, 0.3) is 0 Å². The number of sulfonamides is 1. The van der Waals surface area contributed by atoms with Gasteiger partial charge in [0.05, 0.1) is 4.90 Å². The van der Waals surface area contributed by atoms with Gasteiger partial charge in [-0.1, -0.05) is 54.1 Å². The highest BCUT2D eigenvalue weighted by molar-refractivity contribution is 7.89. The maximum Gasteiger partial charge on any atom is 0.276 e. The van der Waals surface area contributed by atoms with Crippen LogP contribution in [0, 0.1) is 6.92 Å². The van der Waals surface area contributed by atoms with Crippen LogP contribution >= 0.6 is 0 Å². The van der Waals surface area contributed by atoms with Crippen LogP contribution in [0.1, 0.15) is 11.1 Å². The first-order chi connectivity index (χ1) is 10.6. The van der Waals surface area contributed by atoms with E-state index in [9.17, 15) is 8.42 Å². The molecule has 114 valence electrons. The van der Waals surface area contributed by atoms with E-state index in [0.717, 1.165) is 12.0 Å². The molecule has 0 aliphatic carbocycles. The lowest BCUT2D eigenvalue weighted by atomic mass is 10.1. The molecule has 1 N–H and O–H groups in total. The summed E-state index contributed by atoms with van der Waals surface area (Å²) in [5.41, 5.74) is 2.19. The molecule has 22 heavy (non-hydrogen) atoms. The van der Waals surface area contributed by atoms with Gasteiger partial charge in [0.2, 0.25) is 0 Å². The van der Waals surface area contributed by atoms with Crippen LogP contribution in [0.4, 0.5) is 0 Å². The largest absolute Gasteiger partial charge is 0.276 e. The van der Waals surface area contributed by atoms with Crippen LogP contribution in [0.15, 0.2) is 76.7 Å². The minimum absolute atomic E-state index is 0.198. The van der Waals surface area contributed by atoms with E-state index in [1.807, 2.05) is 43.3 Å². The summed E-state index contributed by atoms with van der Waals surface area (Å²) in [5.74, 6) is 0. The number of allylic oxidation sites excluding steroid dienone is 2. The van der Waals surface area contributed by atoms with Crippen LogP contribution in [-0.4, -0.2) is 14.6 Å². The molecule has 0 spiro atoms. The first kappa shape index (κ1) is 16.0. The van der Waals surface area contributed by atoms with Gasteiger partial charge < -0.3 is 0 Å². The smallest absolute Gasteiger partial charge is 0.200 e. The normalized spacial score (nSPS) is 12.0. The van der Waals surface area contributed by atoms with E-state index >= 15 is 0 Å². The molecular formula is C17H18N2O2S. The first-order valence-corrected chi connectivity index (χ1v) is 8.37. The second-order valence-corrected chi connectivity index (χ2v) is 6.46. The lowest BCUT2D eigenvalue weighted by Gasteiger charge is -2.02. The Morgan fingerprint density at radius 1 is 1.05 bits per heavy atom. The maximum absolute atomic E-state index is 11.9. The second-order valence-electron chi connectivity index (χ2n) is 4.80. The van der Waals surface area contributed by atoms with Crippen molar-refractivity contribution in [3.8, 4) is 0 Å². The number of aryl methyl sites for hydroxylation is 1. The molecule has 2 aromatic carbocycles. The molecule has 0 bridgehead atoms. The van der Waals surface area contributed by atoms with Crippen molar-refractivity contribution >= 4 is 16.2 Å². The van der Waals surface area contributed by atoms with Crippen LogP contribution in [-0.2, 0) is 16.4 Å². The highest BCUT2D eigenvalue weighted by Crippen LogP contribution is 2.09. The highest BCUT2D eigenvalue weighted by atomic mass is 32.2. The Hall–Kier alpha value is -2.40. The molecule has 0 unspecified atom stereocenters. The van der Waals surface area contributed by atoms with E-state index in [4.69, 9.17) is 0 Å². The van der Waals surface area contributed by atoms with E-state index in [0.29, 0.717) is 0 Å². The molecule has 0 heterocycles. The topological polar surface area (TPSA) is 58.5 Å². The summed E-state index contributed by atoms with van der Waals surface area (Å²) in [5, 5.41) is 3.72. The lowest BCUT2D eigenvalue weighted by Crippen LogP contribution is -2.18. The Morgan fingerprint density at radius 3 is 2.41 bits per heavy atom. The summed E-state index contributed by atoms with van der Waals surface area (Å²) >= 11 is 0. The van der Waals surface area contributed by atoms with Crippen molar-refractivity contribution in [1.82, 2.24) is 4.83 Å². The van der Waals surface area contributed by atoms with Crippen LogP contribution in [0.2, 0.25) is 0 Å². The van der Waals surface area contributed by atoms with Crippen molar-refractivity contribution < 1.29 is 8.42 Å². The van der Waals surface area contributed by atoms with E-state index in [1.165, 1.54) is 11.8 Å². The van der Waals surface area contributed by atoms with Crippen molar-refractivity contribution in [3.63, 3.8) is 0 Å². The number of nitrogens with one attached hydrogen (secondary N) is 1. The molecule has 0 fully saturated rings. The predicted molar refractivity (Wildman–Crippen MR) is 89.3 cm³/mol. The quantitative estimate of drug-likeness (QED) is 0.658. The molecule has 2 rings (SSSR count). The van der Waals surface area contributed by atoms with E-state index < -0.39 is 10.0 Å². The molecular weight excluding hydrogens is 296 g/mol. The first-order valence-electron chi connectivity index (χ1n) is 6.88. The average molecular weight is 314 g/mol. The average Bonchev–Trinajstić information content (AvgIpc) is 2.52. The summed E-state index contributed by atoms with van der Waals surface area (Å²) in [4.78, 5) is 2.38. The molecule has 0 atom stereocenters. The molecule has 0 amide bonds. The molecule has 0 aliphatic heterocycles. The summed E-state index contributed by atoms with van der Waals surface area (Å²) in [6.45, 7) is 1.90. The minimum Gasteiger partial charge on any atom is -0.200 e. The zero-order chi connectivity index (χ0) is 15.8. The summed E-state index contributed by atoms with van der Waals surface area (Å²) < 4.78 is 23.9. The number of benzene rings is 2. The van der Waals surface area contributed by atoms with Gasteiger partial charge >= 0.3 is 0 Å². The highest BCUT2D eigenvalue weighted by Gasteiger charge is 2.11. The number of rotatable bonds is 6. The molecule has 0 saturated heterocycles. The predicted octanol–water partition coefficient (Wildman–Crippen LogP) is 3.06. The Bertz CT molecular complexity index is 749. The minimum atomic E-state index is -3.60. The molecule has 0 aromatic heterocycles. The number of hydrazone groups is 1. The number of nitrogens with zero attached hydrogens (tertiary/aromatic N) is 1. The summed E-state index contributed by atoms with van der Waals surface area (Å²) in [6.07, 6.45) is 5.83. The second kappa shape index (κ2) is 7.56. The van der Waals surface area contributed by atoms with E-state index in [2.05, 4.69) is 9.93 Å². The zero-order valence-electron chi connectivity index (χ0n) is 12.3. The van der Waals surface area contributed by atoms with Crippen LogP contribution in [0.5, 0.6) is 0 Å². The SMILES string of the molecule is Cc1ccc(S(=O)(=O)N/N=C\C=C\Cc2ccccc2)cc1. The Kier molecular flexibility index (Phi) is 5.49. The summed E-state index contributed by atoms with van der Waals surface area (Å²) in [7, 11) is -3.60. The van der Waals surface area contributed by atoms with Gasteiger partial charge in [-0.15, -0.1) is 0 Å². The van der Waals surface area contributed by atoms with E-state index in [1.54, 1.807) is 30.3 Å². The van der Waals surface area contributed by atoms with Crippen molar-refractivity contribution in [2.75, 3.05) is 0 Å². The van der Waals surface area contributed by atoms with Gasteiger partial charge in [-0.3, -0.25) is 0 Å². The molecule has 0 aliphatic rings. The van der Waals surface area contributed by atoms with Gasteiger partial charge in [0, 0.05) is 6.21 Å². The monoisotopic (exact) mass is 314 g/mol. The fourth-order valence-corrected chi connectivity index (χ4v) is 2.59. The van der Waals surface area contributed by atoms with Crippen LogP contribution < -0.4 is 4.83 Å². The third kappa shape index (κ3) is 4.86. The Labute approximate surface area is 131 Å². The number of hydrogen-bond acceptors (Lipinski definition) is 3. The number of hydrogen-bond donors (Lipinski definition) is 1. The third-order valence-corrected chi connectivity index (χ3v) is 4.24. The molecule has 5 heteroatoms. The standard InChI is InChI=1S/C17H18N2O2S/c1-15-10-12-17(13-11-15)22(20,21)19-18-14-6-5-9-16-7-3-2-4-8-16/h2-8,10-14,19H,9H2,1H3/b6-5+,18-14-. The summed E-state index contributed by atoms with van der Waals surface area (Å²) in [6, 6.07) is 16.6. The van der Waals surface area contributed by atoms with Crippen molar-refractivity contribution in [3.05, 3.63) is 77.9 Å². The third-order valence-electron chi connectivity index (χ3n) is 3.00. The fourth-order valence-electron chi connectivity index (χ4n) is 1.79. The van der Waals surface area contributed by atoms with Crippen LogP contribution in [0.3, 0.4) is 0 Å². The van der Waals surface area contributed by atoms with E-state index in [-0.39, 0.29) is 4.90 Å². The molecule has 4 nitrogen and oxygen atoms in total. The molecule has 0 radical (unpaired) electrons. The fraction of sp³-hybridized carbons (Fsp3) is 0.118. The van der Waals surface area contributed by atoms with Gasteiger partial charge in [-0.25, -0.2) is 4.83 Å². The van der Waals surface area contributed by atoms with Gasteiger partial charge in [0.25, 0.3) is 10.0 Å².